The van der Waals surface area contributed by atoms with Crippen LogP contribution < -0.4 is 10.7 Å². The fourth-order valence-corrected chi connectivity index (χ4v) is 1.95. The van der Waals surface area contributed by atoms with Crippen molar-refractivity contribution in [3.8, 4) is 0 Å². The molecular formula is C10H16ClN3O. The van der Waals surface area contributed by atoms with Crippen molar-refractivity contribution in [3.05, 3.63) is 23.1 Å². The number of ether oxygens (including phenoxy) is 1. The van der Waals surface area contributed by atoms with Crippen LogP contribution in [0.5, 0.6) is 0 Å². The average molecular weight is 230 g/mol. The summed E-state index contributed by atoms with van der Waals surface area (Å²) in [5.41, 5.74) is 3.99. The Bertz CT molecular complexity index is 284. The predicted molar refractivity (Wildman–Crippen MR) is 59.9 cm³/mol. The van der Waals surface area contributed by atoms with E-state index >= 15 is 0 Å². The predicted octanol–water partition coefficient (Wildman–Crippen LogP) is 1.13. The molecule has 2 aliphatic rings. The van der Waals surface area contributed by atoms with Gasteiger partial charge < -0.3 is 15.5 Å². The summed E-state index contributed by atoms with van der Waals surface area (Å²) >= 11 is 6.10. The van der Waals surface area contributed by atoms with Crippen molar-refractivity contribution in [2.45, 2.75) is 18.9 Å². The molecule has 0 aromatic heterocycles. The third-order valence-electron chi connectivity index (χ3n) is 2.50. The molecule has 84 valence electrons. The summed E-state index contributed by atoms with van der Waals surface area (Å²) in [6.07, 6.45) is 5.96. The van der Waals surface area contributed by atoms with Crippen LogP contribution >= 0.6 is 11.6 Å². The molecule has 2 aliphatic heterocycles. The van der Waals surface area contributed by atoms with Gasteiger partial charge in [0.05, 0.1) is 17.3 Å². The first-order chi connectivity index (χ1) is 7.25. The fourth-order valence-electron chi connectivity index (χ4n) is 1.70. The van der Waals surface area contributed by atoms with E-state index in [2.05, 4.69) is 10.7 Å². The monoisotopic (exact) mass is 229 g/mol. The van der Waals surface area contributed by atoms with E-state index in [1.807, 2.05) is 24.5 Å². The Morgan fingerprint density at radius 2 is 2.53 bits per heavy atom. The summed E-state index contributed by atoms with van der Waals surface area (Å²) in [6, 6.07) is 0.373. The minimum absolute atomic E-state index is 0.373. The van der Waals surface area contributed by atoms with Crippen LogP contribution in [0.15, 0.2) is 23.1 Å². The SMILES string of the molecule is CN1C=C(Cl)C(NC2CCCOC2)=CN1. The van der Waals surface area contributed by atoms with E-state index < -0.39 is 0 Å². The third kappa shape index (κ3) is 2.79. The molecule has 1 fully saturated rings. The van der Waals surface area contributed by atoms with Gasteiger partial charge in [0, 0.05) is 32.1 Å². The number of nitrogens with zero attached hydrogens (tertiary/aromatic N) is 1. The maximum absolute atomic E-state index is 6.10. The molecule has 2 N–H and O–H groups in total. The van der Waals surface area contributed by atoms with Crippen LogP contribution in [0.4, 0.5) is 0 Å². The highest BCUT2D eigenvalue weighted by atomic mass is 35.5. The molecule has 0 aromatic carbocycles. The molecule has 0 spiro atoms. The first-order valence-corrected chi connectivity index (χ1v) is 5.54. The molecule has 1 atom stereocenters. The van der Waals surface area contributed by atoms with Gasteiger partial charge in [0.1, 0.15) is 0 Å². The van der Waals surface area contributed by atoms with Gasteiger partial charge in [-0.15, -0.1) is 0 Å². The molecule has 0 saturated carbocycles. The van der Waals surface area contributed by atoms with Crippen molar-refractivity contribution in [2.24, 2.45) is 0 Å². The van der Waals surface area contributed by atoms with Crippen molar-refractivity contribution in [3.63, 3.8) is 0 Å². The van der Waals surface area contributed by atoms with E-state index in [4.69, 9.17) is 16.3 Å². The first-order valence-electron chi connectivity index (χ1n) is 5.17. The molecule has 2 rings (SSSR count). The lowest BCUT2D eigenvalue weighted by molar-refractivity contribution is 0.0737. The topological polar surface area (TPSA) is 36.5 Å². The molecular weight excluding hydrogens is 214 g/mol. The smallest absolute Gasteiger partial charge is 0.0831 e. The van der Waals surface area contributed by atoms with Gasteiger partial charge in [0.15, 0.2) is 0 Å². The number of rotatable bonds is 2. The zero-order valence-electron chi connectivity index (χ0n) is 8.79. The minimum Gasteiger partial charge on any atom is -0.379 e. The minimum atomic E-state index is 0.373. The molecule has 0 aliphatic carbocycles. The van der Waals surface area contributed by atoms with Gasteiger partial charge in [0.2, 0.25) is 0 Å². The highest BCUT2D eigenvalue weighted by Gasteiger charge is 2.17. The molecule has 5 heteroatoms. The summed E-state index contributed by atoms with van der Waals surface area (Å²) in [5.74, 6) is 0. The lowest BCUT2D eigenvalue weighted by atomic mass is 10.1. The molecule has 0 radical (unpaired) electrons. The zero-order valence-corrected chi connectivity index (χ0v) is 9.55. The van der Waals surface area contributed by atoms with E-state index in [1.54, 1.807) is 0 Å². The Balaban J connectivity index is 1.91. The molecule has 4 nitrogen and oxygen atoms in total. The van der Waals surface area contributed by atoms with E-state index in [0.29, 0.717) is 6.04 Å². The van der Waals surface area contributed by atoms with Crippen LogP contribution in [0, 0.1) is 0 Å². The highest BCUT2D eigenvalue weighted by molar-refractivity contribution is 6.31. The Hall–Kier alpha value is -0.870. The molecule has 15 heavy (non-hydrogen) atoms. The number of halogens is 1. The van der Waals surface area contributed by atoms with Crippen molar-refractivity contribution in [2.75, 3.05) is 20.3 Å². The molecule has 1 unspecified atom stereocenters. The Labute approximate surface area is 94.9 Å². The van der Waals surface area contributed by atoms with Gasteiger partial charge in [-0.25, -0.2) is 0 Å². The van der Waals surface area contributed by atoms with Crippen LogP contribution in [0.3, 0.4) is 0 Å². The standard InChI is InChI=1S/C10H16ClN3O/c1-14-6-9(11)10(5-12-14)13-8-3-2-4-15-7-8/h5-6,8,12-13H,2-4,7H2,1H3. The van der Waals surface area contributed by atoms with Crippen LogP contribution in [0.1, 0.15) is 12.8 Å². The fraction of sp³-hybridized carbons (Fsp3) is 0.600. The van der Waals surface area contributed by atoms with Gasteiger partial charge in [-0.2, -0.15) is 0 Å². The Morgan fingerprint density at radius 1 is 1.67 bits per heavy atom. The summed E-state index contributed by atoms with van der Waals surface area (Å²) in [5, 5.41) is 5.91. The van der Waals surface area contributed by atoms with Crippen LogP contribution in [-0.4, -0.2) is 31.3 Å². The normalized spacial score (nSPS) is 26.5. The highest BCUT2D eigenvalue weighted by Crippen LogP contribution is 2.17. The van der Waals surface area contributed by atoms with Crippen LogP contribution in [0.25, 0.3) is 0 Å². The Kier molecular flexibility index (Phi) is 3.38. The largest absolute Gasteiger partial charge is 0.379 e. The van der Waals surface area contributed by atoms with Crippen molar-refractivity contribution in [1.82, 2.24) is 15.8 Å². The maximum Gasteiger partial charge on any atom is 0.0831 e. The number of hydrazine groups is 1. The summed E-state index contributed by atoms with van der Waals surface area (Å²) in [6.45, 7) is 1.64. The number of nitrogens with one attached hydrogen (secondary N) is 2. The lowest BCUT2D eigenvalue weighted by Crippen LogP contribution is -2.39. The van der Waals surface area contributed by atoms with E-state index in [9.17, 15) is 0 Å². The van der Waals surface area contributed by atoms with Gasteiger partial charge >= 0.3 is 0 Å². The van der Waals surface area contributed by atoms with Gasteiger partial charge in [-0.05, 0) is 12.8 Å². The van der Waals surface area contributed by atoms with E-state index in [-0.39, 0.29) is 0 Å². The van der Waals surface area contributed by atoms with Gasteiger partial charge in [-0.1, -0.05) is 11.6 Å². The van der Waals surface area contributed by atoms with Gasteiger partial charge in [0.25, 0.3) is 0 Å². The summed E-state index contributed by atoms with van der Waals surface area (Å²) in [7, 11) is 1.90. The van der Waals surface area contributed by atoms with Crippen molar-refractivity contribution >= 4 is 11.6 Å². The second-order valence-electron chi connectivity index (χ2n) is 3.83. The summed E-state index contributed by atoms with van der Waals surface area (Å²) in [4.78, 5) is 0. The molecule has 0 amide bonds. The number of hydrogen-bond acceptors (Lipinski definition) is 4. The zero-order chi connectivity index (χ0) is 10.7. The molecule has 0 aromatic rings. The third-order valence-corrected chi connectivity index (χ3v) is 2.80. The number of allylic oxidation sites excluding steroid dienone is 1. The molecule has 2 heterocycles. The maximum atomic E-state index is 6.10. The van der Waals surface area contributed by atoms with Crippen molar-refractivity contribution in [1.29, 1.82) is 0 Å². The quantitative estimate of drug-likeness (QED) is 0.744. The van der Waals surface area contributed by atoms with Crippen LogP contribution in [-0.2, 0) is 4.74 Å². The lowest BCUT2D eigenvalue weighted by Gasteiger charge is -2.28. The second-order valence-corrected chi connectivity index (χ2v) is 4.24. The molecule has 1 saturated heterocycles. The average Bonchev–Trinajstić information content (AvgIpc) is 2.24. The first kappa shape index (κ1) is 10.6. The summed E-state index contributed by atoms with van der Waals surface area (Å²) < 4.78 is 5.40. The Morgan fingerprint density at radius 3 is 3.20 bits per heavy atom. The number of hydrogen-bond donors (Lipinski definition) is 2. The second kappa shape index (κ2) is 4.77. The van der Waals surface area contributed by atoms with E-state index in [0.717, 1.165) is 36.8 Å². The molecule has 0 bridgehead atoms. The van der Waals surface area contributed by atoms with Crippen LogP contribution in [0.2, 0.25) is 0 Å². The van der Waals surface area contributed by atoms with Gasteiger partial charge in [-0.3, -0.25) is 5.01 Å². The van der Waals surface area contributed by atoms with Crippen molar-refractivity contribution < 1.29 is 4.74 Å². The van der Waals surface area contributed by atoms with E-state index in [1.165, 1.54) is 0 Å².